The number of benzene rings is 2. The molecule has 1 atom stereocenters. The SMILES string of the molecule is CCOCCn1c(C(C)Oc2ccc(Cl)c(C)c2)nc2ccccc21. The second-order valence-electron chi connectivity index (χ2n) is 5.98. The van der Waals surface area contributed by atoms with Crippen LogP contribution in [0.4, 0.5) is 0 Å². The largest absolute Gasteiger partial charge is 0.483 e. The predicted molar refractivity (Wildman–Crippen MR) is 101 cm³/mol. The molecule has 1 heterocycles. The zero-order chi connectivity index (χ0) is 17.8. The van der Waals surface area contributed by atoms with E-state index in [-0.39, 0.29) is 6.10 Å². The number of nitrogens with zero attached hydrogens (tertiary/aromatic N) is 2. The van der Waals surface area contributed by atoms with Crippen LogP contribution in [0.1, 0.15) is 31.3 Å². The summed E-state index contributed by atoms with van der Waals surface area (Å²) in [6.45, 7) is 8.09. The number of rotatable bonds is 7. The Morgan fingerprint density at radius 3 is 2.76 bits per heavy atom. The van der Waals surface area contributed by atoms with Crippen LogP contribution in [-0.2, 0) is 11.3 Å². The summed E-state index contributed by atoms with van der Waals surface area (Å²) in [5, 5.41) is 0.740. The molecule has 0 radical (unpaired) electrons. The Morgan fingerprint density at radius 1 is 1.20 bits per heavy atom. The molecule has 5 heteroatoms. The molecule has 0 saturated heterocycles. The second kappa shape index (κ2) is 7.89. The fourth-order valence-corrected chi connectivity index (χ4v) is 3.00. The molecule has 0 aliphatic heterocycles. The molecule has 0 amide bonds. The standard InChI is InChI=1S/C20H23ClN2O2/c1-4-24-12-11-23-19-8-6-5-7-18(19)22-20(23)15(3)25-16-9-10-17(21)14(2)13-16/h5-10,13,15H,4,11-12H2,1-3H3. The zero-order valence-electron chi connectivity index (χ0n) is 14.8. The van der Waals surface area contributed by atoms with Crippen LogP contribution in [0.3, 0.4) is 0 Å². The van der Waals surface area contributed by atoms with E-state index in [2.05, 4.69) is 10.6 Å². The lowest BCUT2D eigenvalue weighted by atomic mass is 10.2. The fraction of sp³-hybridized carbons (Fsp3) is 0.350. The van der Waals surface area contributed by atoms with Gasteiger partial charge < -0.3 is 14.0 Å². The Labute approximate surface area is 153 Å². The van der Waals surface area contributed by atoms with E-state index in [0.717, 1.165) is 39.7 Å². The third-order valence-electron chi connectivity index (χ3n) is 4.15. The van der Waals surface area contributed by atoms with Crippen molar-refractivity contribution in [1.82, 2.24) is 9.55 Å². The number of fused-ring (bicyclic) bond motifs is 1. The zero-order valence-corrected chi connectivity index (χ0v) is 15.6. The molecule has 1 unspecified atom stereocenters. The Balaban J connectivity index is 1.89. The molecule has 0 bridgehead atoms. The van der Waals surface area contributed by atoms with E-state index >= 15 is 0 Å². The Bertz CT molecular complexity index is 860. The molecule has 4 nitrogen and oxygen atoms in total. The number of ether oxygens (including phenoxy) is 2. The molecule has 0 spiro atoms. The monoisotopic (exact) mass is 358 g/mol. The van der Waals surface area contributed by atoms with Gasteiger partial charge in [-0.25, -0.2) is 4.98 Å². The third-order valence-corrected chi connectivity index (χ3v) is 4.58. The number of aromatic nitrogens is 2. The molecule has 0 fully saturated rings. The van der Waals surface area contributed by atoms with Crippen molar-refractivity contribution in [2.45, 2.75) is 33.4 Å². The first-order valence-corrected chi connectivity index (χ1v) is 8.93. The van der Waals surface area contributed by atoms with Crippen LogP contribution < -0.4 is 4.74 Å². The van der Waals surface area contributed by atoms with Gasteiger partial charge in [-0.2, -0.15) is 0 Å². The fourth-order valence-electron chi connectivity index (χ4n) is 2.89. The number of aryl methyl sites for hydroxylation is 1. The molecule has 0 aliphatic rings. The van der Waals surface area contributed by atoms with Crippen molar-refractivity contribution in [3.05, 3.63) is 58.9 Å². The molecule has 2 aromatic carbocycles. The van der Waals surface area contributed by atoms with Gasteiger partial charge in [0, 0.05) is 18.2 Å². The topological polar surface area (TPSA) is 36.3 Å². The third kappa shape index (κ3) is 3.97. The maximum atomic E-state index is 6.13. The van der Waals surface area contributed by atoms with E-state index in [1.165, 1.54) is 0 Å². The van der Waals surface area contributed by atoms with Crippen molar-refractivity contribution >= 4 is 22.6 Å². The van der Waals surface area contributed by atoms with Gasteiger partial charge in [-0.15, -0.1) is 0 Å². The van der Waals surface area contributed by atoms with Crippen molar-refractivity contribution in [2.75, 3.05) is 13.2 Å². The van der Waals surface area contributed by atoms with Crippen molar-refractivity contribution in [3.8, 4) is 5.75 Å². The summed E-state index contributed by atoms with van der Waals surface area (Å²) in [7, 11) is 0. The minimum Gasteiger partial charge on any atom is -0.483 e. The number of para-hydroxylation sites is 2. The molecule has 0 aliphatic carbocycles. The highest BCUT2D eigenvalue weighted by atomic mass is 35.5. The van der Waals surface area contributed by atoms with Gasteiger partial charge in [-0.05, 0) is 56.7 Å². The lowest BCUT2D eigenvalue weighted by molar-refractivity contribution is 0.136. The quantitative estimate of drug-likeness (QED) is 0.546. The molecule has 25 heavy (non-hydrogen) atoms. The lowest BCUT2D eigenvalue weighted by Gasteiger charge is -2.17. The van der Waals surface area contributed by atoms with Gasteiger partial charge in [-0.3, -0.25) is 0 Å². The van der Waals surface area contributed by atoms with Gasteiger partial charge in [0.1, 0.15) is 5.75 Å². The Morgan fingerprint density at radius 2 is 2.00 bits per heavy atom. The van der Waals surface area contributed by atoms with Crippen LogP contribution in [0.15, 0.2) is 42.5 Å². The first-order valence-electron chi connectivity index (χ1n) is 8.56. The highest BCUT2D eigenvalue weighted by molar-refractivity contribution is 6.31. The summed E-state index contributed by atoms with van der Waals surface area (Å²) in [4.78, 5) is 4.78. The molecule has 0 saturated carbocycles. The van der Waals surface area contributed by atoms with E-state index in [0.29, 0.717) is 13.2 Å². The molecule has 3 aromatic rings. The lowest BCUT2D eigenvalue weighted by Crippen LogP contribution is -2.14. The summed E-state index contributed by atoms with van der Waals surface area (Å²) in [6, 6.07) is 13.8. The molecular formula is C20H23ClN2O2. The summed E-state index contributed by atoms with van der Waals surface area (Å²) in [6.07, 6.45) is -0.186. The van der Waals surface area contributed by atoms with Gasteiger partial charge in [0.2, 0.25) is 0 Å². The maximum Gasteiger partial charge on any atom is 0.153 e. The molecular weight excluding hydrogens is 336 g/mol. The van der Waals surface area contributed by atoms with E-state index in [9.17, 15) is 0 Å². The minimum absolute atomic E-state index is 0.186. The maximum absolute atomic E-state index is 6.13. The van der Waals surface area contributed by atoms with Gasteiger partial charge in [0.15, 0.2) is 11.9 Å². The number of halogens is 1. The number of hydrogen-bond acceptors (Lipinski definition) is 3. The Hall–Kier alpha value is -2.04. The first kappa shape index (κ1) is 17.8. The van der Waals surface area contributed by atoms with Crippen molar-refractivity contribution in [1.29, 1.82) is 0 Å². The van der Waals surface area contributed by atoms with Crippen LogP contribution in [0, 0.1) is 6.92 Å². The van der Waals surface area contributed by atoms with Gasteiger partial charge >= 0.3 is 0 Å². The van der Waals surface area contributed by atoms with Crippen molar-refractivity contribution in [2.24, 2.45) is 0 Å². The van der Waals surface area contributed by atoms with Crippen LogP contribution in [0.2, 0.25) is 5.02 Å². The van der Waals surface area contributed by atoms with Crippen LogP contribution in [-0.4, -0.2) is 22.8 Å². The highest BCUT2D eigenvalue weighted by Crippen LogP contribution is 2.27. The van der Waals surface area contributed by atoms with Gasteiger partial charge in [-0.1, -0.05) is 23.7 Å². The van der Waals surface area contributed by atoms with Crippen molar-refractivity contribution < 1.29 is 9.47 Å². The second-order valence-corrected chi connectivity index (χ2v) is 6.39. The normalized spacial score (nSPS) is 12.5. The predicted octanol–water partition coefficient (Wildman–Crippen LogP) is 5.17. The summed E-state index contributed by atoms with van der Waals surface area (Å²) < 4.78 is 13.8. The molecule has 3 rings (SSSR count). The summed E-state index contributed by atoms with van der Waals surface area (Å²) in [5.74, 6) is 1.69. The number of imidazole rings is 1. The van der Waals surface area contributed by atoms with Crippen LogP contribution >= 0.6 is 11.6 Å². The van der Waals surface area contributed by atoms with Crippen LogP contribution in [0.25, 0.3) is 11.0 Å². The minimum atomic E-state index is -0.186. The summed E-state index contributed by atoms with van der Waals surface area (Å²) >= 11 is 6.10. The average molecular weight is 359 g/mol. The summed E-state index contributed by atoms with van der Waals surface area (Å²) in [5.41, 5.74) is 3.06. The first-order chi connectivity index (χ1) is 12.1. The molecule has 1 aromatic heterocycles. The van der Waals surface area contributed by atoms with E-state index < -0.39 is 0 Å². The van der Waals surface area contributed by atoms with E-state index in [1.54, 1.807) is 0 Å². The highest BCUT2D eigenvalue weighted by Gasteiger charge is 2.18. The van der Waals surface area contributed by atoms with E-state index in [4.69, 9.17) is 26.1 Å². The van der Waals surface area contributed by atoms with Gasteiger partial charge in [0.05, 0.1) is 17.6 Å². The number of hydrogen-bond donors (Lipinski definition) is 0. The Kier molecular flexibility index (Phi) is 5.61. The van der Waals surface area contributed by atoms with Crippen LogP contribution in [0.5, 0.6) is 5.75 Å². The van der Waals surface area contributed by atoms with Crippen molar-refractivity contribution in [3.63, 3.8) is 0 Å². The molecule has 0 N–H and O–H groups in total. The van der Waals surface area contributed by atoms with Gasteiger partial charge in [0.25, 0.3) is 0 Å². The average Bonchev–Trinajstić information content (AvgIpc) is 2.97. The smallest absolute Gasteiger partial charge is 0.153 e. The molecule has 132 valence electrons. The van der Waals surface area contributed by atoms with E-state index in [1.807, 2.05) is 57.2 Å².